The zero-order valence-electron chi connectivity index (χ0n) is 17.8. The summed E-state index contributed by atoms with van der Waals surface area (Å²) in [4.78, 5) is 25.8. The highest BCUT2D eigenvalue weighted by atomic mass is 19.1. The minimum atomic E-state index is -1.75. The fraction of sp³-hybridized carbons (Fsp3) is 0.364. The lowest BCUT2D eigenvalue weighted by atomic mass is 9.75. The normalized spacial score (nSPS) is 12.7. The molecule has 0 bridgehead atoms. The highest BCUT2D eigenvalue weighted by Crippen LogP contribution is 2.19. The molecule has 9 heteroatoms. The van der Waals surface area contributed by atoms with Gasteiger partial charge in [0, 0.05) is 6.42 Å². The van der Waals surface area contributed by atoms with Crippen LogP contribution in [0.15, 0.2) is 48.5 Å². The molecule has 2 amide bonds. The number of rotatable bonds is 10. The zero-order valence-corrected chi connectivity index (χ0v) is 17.8. The van der Waals surface area contributed by atoms with Crippen LogP contribution in [0.4, 0.5) is 4.39 Å². The van der Waals surface area contributed by atoms with Gasteiger partial charge in [-0.3, -0.25) is 9.59 Å². The average molecular weight is 430 g/mol. The van der Waals surface area contributed by atoms with Crippen LogP contribution in [-0.2, 0) is 11.2 Å². The van der Waals surface area contributed by atoms with E-state index >= 15 is 0 Å². The molecule has 0 spiro atoms. The van der Waals surface area contributed by atoms with E-state index < -0.39 is 36.7 Å². The Morgan fingerprint density at radius 1 is 1.10 bits per heavy atom. The highest BCUT2D eigenvalue weighted by molar-refractivity contribution is 6.43. The molecule has 4 N–H and O–H groups in total. The van der Waals surface area contributed by atoms with E-state index in [1.165, 1.54) is 19.2 Å². The van der Waals surface area contributed by atoms with Crippen molar-refractivity contribution in [1.82, 2.24) is 10.6 Å². The summed E-state index contributed by atoms with van der Waals surface area (Å²) in [6.45, 7) is 3.78. The summed E-state index contributed by atoms with van der Waals surface area (Å²) in [6.07, 6.45) is 0.499. The van der Waals surface area contributed by atoms with E-state index in [1.54, 1.807) is 12.1 Å². The Labute approximate surface area is 181 Å². The molecular formula is C22H28BFN2O5. The van der Waals surface area contributed by atoms with Crippen molar-refractivity contribution in [1.29, 1.82) is 0 Å². The Morgan fingerprint density at radius 3 is 2.35 bits per heavy atom. The van der Waals surface area contributed by atoms with Gasteiger partial charge in [0.25, 0.3) is 5.91 Å². The smallest absolute Gasteiger partial charge is 0.475 e. The minimum Gasteiger partial charge on any atom is -0.496 e. The monoisotopic (exact) mass is 430 g/mol. The fourth-order valence-corrected chi connectivity index (χ4v) is 3.20. The Kier molecular flexibility index (Phi) is 9.02. The maximum Gasteiger partial charge on any atom is 0.475 e. The summed E-state index contributed by atoms with van der Waals surface area (Å²) in [5.41, 5.74) is 0.744. The van der Waals surface area contributed by atoms with Crippen molar-refractivity contribution < 1.29 is 28.8 Å². The summed E-state index contributed by atoms with van der Waals surface area (Å²) >= 11 is 0. The Bertz CT molecular complexity index is 879. The molecule has 2 aromatic rings. The second-order valence-corrected chi connectivity index (χ2v) is 7.72. The molecule has 2 atom stereocenters. The molecule has 0 saturated heterocycles. The first-order chi connectivity index (χ1) is 14.7. The molecule has 2 aromatic carbocycles. The average Bonchev–Trinajstić information content (AvgIpc) is 2.73. The third-order valence-corrected chi connectivity index (χ3v) is 4.72. The van der Waals surface area contributed by atoms with E-state index in [9.17, 15) is 24.0 Å². The van der Waals surface area contributed by atoms with Gasteiger partial charge in [-0.15, -0.1) is 0 Å². The van der Waals surface area contributed by atoms with Gasteiger partial charge in [0.1, 0.15) is 17.6 Å². The van der Waals surface area contributed by atoms with Crippen LogP contribution < -0.4 is 15.4 Å². The quantitative estimate of drug-likeness (QED) is 0.430. The molecule has 0 aliphatic rings. The second kappa shape index (κ2) is 11.5. The number of nitrogens with one attached hydrogen (secondary N) is 2. The van der Waals surface area contributed by atoms with Crippen LogP contribution >= 0.6 is 0 Å². The second-order valence-electron chi connectivity index (χ2n) is 7.72. The van der Waals surface area contributed by atoms with E-state index in [0.29, 0.717) is 6.42 Å². The van der Waals surface area contributed by atoms with Crippen molar-refractivity contribution in [2.24, 2.45) is 5.92 Å². The van der Waals surface area contributed by atoms with Gasteiger partial charge in [0.05, 0.1) is 18.6 Å². The van der Waals surface area contributed by atoms with Gasteiger partial charge >= 0.3 is 7.12 Å². The van der Waals surface area contributed by atoms with Crippen LogP contribution in [0.25, 0.3) is 0 Å². The molecule has 7 nitrogen and oxygen atoms in total. The van der Waals surface area contributed by atoms with Gasteiger partial charge in [0.2, 0.25) is 5.91 Å². The minimum absolute atomic E-state index is 0.0470. The van der Waals surface area contributed by atoms with Crippen LogP contribution in [0.2, 0.25) is 0 Å². The Morgan fingerprint density at radius 2 is 1.77 bits per heavy atom. The maximum atomic E-state index is 13.7. The van der Waals surface area contributed by atoms with E-state index in [1.807, 2.05) is 32.0 Å². The van der Waals surface area contributed by atoms with Crippen molar-refractivity contribution in [2.45, 2.75) is 38.7 Å². The van der Waals surface area contributed by atoms with Crippen molar-refractivity contribution in [3.63, 3.8) is 0 Å². The fourth-order valence-electron chi connectivity index (χ4n) is 3.20. The van der Waals surface area contributed by atoms with E-state index in [2.05, 4.69) is 10.6 Å². The molecule has 0 aromatic heterocycles. The first-order valence-electron chi connectivity index (χ1n) is 10.1. The lowest BCUT2D eigenvalue weighted by Crippen LogP contribution is -2.55. The lowest BCUT2D eigenvalue weighted by molar-refractivity contribution is -0.123. The number of methoxy groups -OCH3 is 1. The predicted molar refractivity (Wildman–Crippen MR) is 116 cm³/mol. The molecule has 0 aliphatic heterocycles. The first-order valence-corrected chi connectivity index (χ1v) is 10.1. The number of benzene rings is 2. The van der Waals surface area contributed by atoms with Gasteiger partial charge in [-0.1, -0.05) is 44.2 Å². The Hall–Kier alpha value is -2.91. The molecule has 0 fully saturated rings. The van der Waals surface area contributed by atoms with Crippen LogP contribution in [0.3, 0.4) is 0 Å². The molecule has 31 heavy (non-hydrogen) atoms. The van der Waals surface area contributed by atoms with Crippen LogP contribution in [-0.4, -0.2) is 48.1 Å². The third kappa shape index (κ3) is 7.38. The number of carbonyl (C=O) groups excluding carboxylic acids is 2. The molecule has 2 rings (SSSR count). The summed E-state index contributed by atoms with van der Waals surface area (Å²) in [5, 5.41) is 24.5. The van der Waals surface area contributed by atoms with Crippen molar-refractivity contribution in [2.75, 3.05) is 7.11 Å². The number of hydrogen-bond acceptors (Lipinski definition) is 5. The number of amides is 2. The van der Waals surface area contributed by atoms with Crippen molar-refractivity contribution in [3.8, 4) is 5.75 Å². The maximum absolute atomic E-state index is 13.7. The van der Waals surface area contributed by atoms with E-state index in [4.69, 9.17) is 4.74 Å². The lowest BCUT2D eigenvalue weighted by Gasteiger charge is -2.24. The molecule has 0 saturated carbocycles. The number of carbonyl (C=O) groups is 2. The molecule has 166 valence electrons. The van der Waals surface area contributed by atoms with Crippen LogP contribution in [0.1, 0.15) is 36.2 Å². The van der Waals surface area contributed by atoms with E-state index in [-0.39, 0.29) is 23.7 Å². The molecule has 1 unspecified atom stereocenters. The Balaban J connectivity index is 2.27. The topological polar surface area (TPSA) is 108 Å². The SMILES string of the molecule is COc1ccc(F)cc1C(=O)NC(Cc1ccccc1)C(=O)N[C@@H](CC(C)C)B(O)O. The highest BCUT2D eigenvalue weighted by Gasteiger charge is 2.30. The van der Waals surface area contributed by atoms with Crippen LogP contribution in [0.5, 0.6) is 5.75 Å². The molecular weight excluding hydrogens is 402 g/mol. The van der Waals surface area contributed by atoms with Gasteiger partial charge < -0.3 is 25.4 Å². The summed E-state index contributed by atoms with van der Waals surface area (Å²) < 4.78 is 18.8. The first kappa shape index (κ1) is 24.4. The zero-order chi connectivity index (χ0) is 23.0. The third-order valence-electron chi connectivity index (χ3n) is 4.72. The number of halogens is 1. The summed E-state index contributed by atoms with van der Waals surface area (Å²) in [5.74, 6) is -2.50. The molecule has 0 aliphatic carbocycles. The predicted octanol–water partition coefficient (Wildman–Crippen LogP) is 1.72. The van der Waals surface area contributed by atoms with Gasteiger partial charge in [-0.05, 0) is 36.1 Å². The van der Waals surface area contributed by atoms with Crippen molar-refractivity contribution in [3.05, 3.63) is 65.5 Å². The van der Waals surface area contributed by atoms with Gasteiger partial charge in [-0.25, -0.2) is 4.39 Å². The van der Waals surface area contributed by atoms with Crippen molar-refractivity contribution >= 4 is 18.9 Å². The number of hydrogen-bond donors (Lipinski definition) is 4. The number of ether oxygens (including phenoxy) is 1. The summed E-state index contributed by atoms with van der Waals surface area (Å²) in [7, 11) is -0.389. The molecule has 0 radical (unpaired) electrons. The summed E-state index contributed by atoms with van der Waals surface area (Å²) in [6, 6.07) is 11.6. The van der Waals surface area contributed by atoms with E-state index in [0.717, 1.165) is 11.6 Å². The van der Waals surface area contributed by atoms with Crippen LogP contribution in [0, 0.1) is 11.7 Å². The molecule has 0 heterocycles. The van der Waals surface area contributed by atoms with Gasteiger partial charge in [-0.2, -0.15) is 0 Å². The van der Waals surface area contributed by atoms with Gasteiger partial charge in [0.15, 0.2) is 0 Å². The standard InChI is InChI=1S/C22H28BFN2O5/c1-14(2)11-20(23(29)30)26-22(28)18(12-15-7-5-4-6-8-15)25-21(27)17-13-16(24)9-10-19(17)31-3/h4-10,13-14,18,20,29-30H,11-12H2,1-3H3,(H,25,27)(H,26,28)/t18?,20-/m0/s1. The largest absolute Gasteiger partial charge is 0.496 e.